The number of carbonyl (C=O) groups is 2. The van der Waals surface area contributed by atoms with Crippen molar-refractivity contribution in [2.24, 2.45) is 0 Å². The molecule has 1 N–H and O–H groups in total. The van der Waals surface area contributed by atoms with Crippen molar-refractivity contribution in [2.75, 3.05) is 26.2 Å². The molecule has 188 valence electrons. The standard InChI is InChI=1S/C30H41N3O2/c1-2-20-33-28(34)27(24-26-16-10-6-11-17-26)31-29(35)30(33)18-22-32(23-19-30)21-12-4-3-7-13-25-14-8-5-9-15-25/h5-6,8-11,14-17,27H,2-4,7,12-13,18-24H2,1H3,(H,31,35)/t27-/m0/s1. The zero-order valence-corrected chi connectivity index (χ0v) is 21.3. The monoisotopic (exact) mass is 475 g/mol. The Kier molecular flexibility index (Phi) is 8.97. The van der Waals surface area contributed by atoms with E-state index in [9.17, 15) is 9.59 Å². The number of nitrogens with one attached hydrogen (secondary N) is 1. The minimum Gasteiger partial charge on any atom is -0.342 e. The first-order chi connectivity index (χ1) is 17.1. The number of amides is 2. The van der Waals surface area contributed by atoms with E-state index in [2.05, 4.69) is 47.5 Å². The van der Waals surface area contributed by atoms with E-state index in [0.717, 1.165) is 50.9 Å². The van der Waals surface area contributed by atoms with Crippen LogP contribution in [0.4, 0.5) is 0 Å². The highest BCUT2D eigenvalue weighted by Gasteiger charge is 2.53. The minimum absolute atomic E-state index is 0.0482. The summed E-state index contributed by atoms with van der Waals surface area (Å²) >= 11 is 0. The third-order valence-corrected chi connectivity index (χ3v) is 7.75. The molecule has 2 amide bonds. The van der Waals surface area contributed by atoms with Crippen molar-refractivity contribution in [1.82, 2.24) is 15.1 Å². The Morgan fingerprint density at radius 3 is 2.11 bits per heavy atom. The summed E-state index contributed by atoms with van der Waals surface area (Å²) in [4.78, 5) is 31.3. The molecule has 2 saturated heterocycles. The summed E-state index contributed by atoms with van der Waals surface area (Å²) in [5.41, 5.74) is 1.83. The van der Waals surface area contributed by atoms with Gasteiger partial charge in [0.05, 0.1) is 0 Å². The first-order valence-electron chi connectivity index (χ1n) is 13.5. The fraction of sp³-hybridized carbons (Fsp3) is 0.533. The predicted molar refractivity (Wildman–Crippen MR) is 141 cm³/mol. The Morgan fingerprint density at radius 2 is 1.46 bits per heavy atom. The van der Waals surface area contributed by atoms with Crippen LogP contribution in [0.25, 0.3) is 0 Å². The molecule has 2 aliphatic heterocycles. The lowest BCUT2D eigenvalue weighted by molar-refractivity contribution is -0.161. The summed E-state index contributed by atoms with van der Waals surface area (Å²) in [5.74, 6) is 0.134. The number of piperazine rings is 1. The van der Waals surface area contributed by atoms with Crippen LogP contribution in [0, 0.1) is 0 Å². The molecule has 0 bridgehead atoms. The summed E-state index contributed by atoms with van der Waals surface area (Å²) in [5, 5.41) is 3.11. The molecule has 1 spiro atoms. The highest BCUT2D eigenvalue weighted by atomic mass is 16.2. The number of unbranched alkanes of at least 4 members (excludes halogenated alkanes) is 3. The van der Waals surface area contributed by atoms with Gasteiger partial charge in [-0.3, -0.25) is 9.59 Å². The average Bonchev–Trinajstić information content (AvgIpc) is 2.89. The van der Waals surface area contributed by atoms with Gasteiger partial charge < -0.3 is 15.1 Å². The van der Waals surface area contributed by atoms with Gasteiger partial charge in [-0.1, -0.05) is 80.4 Å². The van der Waals surface area contributed by atoms with Crippen LogP contribution in [0.2, 0.25) is 0 Å². The largest absolute Gasteiger partial charge is 0.342 e. The summed E-state index contributed by atoms with van der Waals surface area (Å²) in [6.45, 7) is 5.59. The minimum atomic E-state index is -0.674. The molecule has 0 aromatic heterocycles. The molecule has 2 aromatic carbocycles. The van der Waals surface area contributed by atoms with Gasteiger partial charge in [0.15, 0.2) is 0 Å². The van der Waals surface area contributed by atoms with Gasteiger partial charge in [-0.05, 0) is 56.2 Å². The molecule has 2 aromatic rings. The second-order valence-electron chi connectivity index (χ2n) is 10.2. The zero-order chi connectivity index (χ0) is 24.5. The summed E-state index contributed by atoms with van der Waals surface area (Å²) < 4.78 is 0. The molecular weight excluding hydrogens is 434 g/mol. The molecule has 0 aliphatic carbocycles. The van der Waals surface area contributed by atoms with Gasteiger partial charge in [-0.15, -0.1) is 0 Å². The number of nitrogens with zero attached hydrogens (tertiary/aromatic N) is 2. The van der Waals surface area contributed by atoms with Crippen molar-refractivity contribution in [2.45, 2.75) is 76.3 Å². The number of benzene rings is 2. The van der Waals surface area contributed by atoms with Crippen molar-refractivity contribution >= 4 is 11.8 Å². The smallest absolute Gasteiger partial charge is 0.246 e. The van der Waals surface area contributed by atoms with E-state index in [1.807, 2.05) is 35.2 Å². The molecule has 2 fully saturated rings. The van der Waals surface area contributed by atoms with Crippen molar-refractivity contribution < 1.29 is 9.59 Å². The normalized spacial score (nSPS) is 20.3. The SMILES string of the molecule is CCCN1C(=O)[C@H](Cc2ccccc2)NC(=O)C12CCN(CCCCCCc1ccccc1)CC2. The van der Waals surface area contributed by atoms with Crippen molar-refractivity contribution in [3.05, 3.63) is 71.8 Å². The van der Waals surface area contributed by atoms with Gasteiger partial charge in [-0.2, -0.15) is 0 Å². The van der Waals surface area contributed by atoms with Crippen LogP contribution in [0.15, 0.2) is 60.7 Å². The van der Waals surface area contributed by atoms with Crippen molar-refractivity contribution in [3.8, 4) is 0 Å². The number of hydrogen-bond acceptors (Lipinski definition) is 3. The van der Waals surface area contributed by atoms with Crippen LogP contribution in [0.5, 0.6) is 0 Å². The first kappa shape index (κ1) is 25.4. The average molecular weight is 476 g/mol. The lowest BCUT2D eigenvalue weighted by Gasteiger charge is -2.51. The topological polar surface area (TPSA) is 52.7 Å². The molecular formula is C30H41N3O2. The number of carbonyl (C=O) groups excluding carboxylic acids is 2. The second kappa shape index (κ2) is 12.3. The highest BCUT2D eigenvalue weighted by Crippen LogP contribution is 2.33. The number of hydrogen-bond donors (Lipinski definition) is 1. The van der Waals surface area contributed by atoms with E-state index in [0.29, 0.717) is 13.0 Å². The van der Waals surface area contributed by atoms with Crippen molar-refractivity contribution in [3.63, 3.8) is 0 Å². The molecule has 2 aliphatic rings. The zero-order valence-electron chi connectivity index (χ0n) is 21.3. The van der Waals surface area contributed by atoms with E-state index in [4.69, 9.17) is 0 Å². The lowest BCUT2D eigenvalue weighted by atomic mass is 9.81. The van der Waals surface area contributed by atoms with Gasteiger partial charge >= 0.3 is 0 Å². The van der Waals surface area contributed by atoms with Gasteiger partial charge in [-0.25, -0.2) is 0 Å². The maximum atomic E-state index is 13.5. The van der Waals surface area contributed by atoms with Crippen LogP contribution >= 0.6 is 0 Å². The van der Waals surface area contributed by atoms with Crippen LogP contribution in [0.1, 0.15) is 63.0 Å². The molecule has 5 nitrogen and oxygen atoms in total. The Bertz CT molecular complexity index is 939. The number of aryl methyl sites for hydroxylation is 1. The van der Waals surface area contributed by atoms with E-state index in [1.54, 1.807) is 0 Å². The van der Waals surface area contributed by atoms with Gasteiger partial charge in [0.2, 0.25) is 11.8 Å². The first-order valence-corrected chi connectivity index (χ1v) is 13.5. The Balaban J connectivity index is 1.25. The number of rotatable bonds is 11. The molecule has 0 radical (unpaired) electrons. The molecule has 1 atom stereocenters. The van der Waals surface area contributed by atoms with Crippen molar-refractivity contribution in [1.29, 1.82) is 0 Å². The number of likely N-dealkylation sites (tertiary alicyclic amines) is 1. The highest BCUT2D eigenvalue weighted by molar-refractivity contribution is 6.00. The molecule has 2 heterocycles. The maximum absolute atomic E-state index is 13.5. The molecule has 5 heteroatoms. The molecule has 4 rings (SSSR count). The fourth-order valence-corrected chi connectivity index (χ4v) is 5.72. The third-order valence-electron chi connectivity index (χ3n) is 7.75. The van der Waals surface area contributed by atoms with Crippen LogP contribution in [-0.2, 0) is 22.4 Å². The summed E-state index contributed by atoms with van der Waals surface area (Å²) in [6, 6.07) is 20.2. The van der Waals surface area contributed by atoms with Gasteiger partial charge in [0.1, 0.15) is 11.6 Å². The van der Waals surface area contributed by atoms with E-state index >= 15 is 0 Å². The summed E-state index contributed by atoms with van der Waals surface area (Å²) in [7, 11) is 0. The van der Waals surface area contributed by atoms with E-state index in [-0.39, 0.29) is 11.8 Å². The number of piperidine rings is 1. The van der Waals surface area contributed by atoms with E-state index in [1.165, 1.54) is 31.2 Å². The van der Waals surface area contributed by atoms with E-state index < -0.39 is 11.6 Å². The van der Waals surface area contributed by atoms with Crippen LogP contribution in [0.3, 0.4) is 0 Å². The Hall–Kier alpha value is -2.66. The Labute approximate surface area is 210 Å². The predicted octanol–water partition coefficient (Wildman–Crippen LogP) is 4.60. The quantitative estimate of drug-likeness (QED) is 0.483. The van der Waals surface area contributed by atoms with Gasteiger partial charge in [0, 0.05) is 26.1 Å². The van der Waals surface area contributed by atoms with Gasteiger partial charge in [0.25, 0.3) is 0 Å². The third kappa shape index (κ3) is 6.32. The second-order valence-corrected chi connectivity index (χ2v) is 10.2. The maximum Gasteiger partial charge on any atom is 0.246 e. The van der Waals surface area contributed by atoms with Crippen LogP contribution < -0.4 is 5.32 Å². The lowest BCUT2D eigenvalue weighted by Crippen LogP contribution is -2.73. The molecule has 35 heavy (non-hydrogen) atoms. The Morgan fingerprint density at radius 1 is 0.829 bits per heavy atom. The molecule has 0 unspecified atom stereocenters. The summed E-state index contributed by atoms with van der Waals surface area (Å²) in [6.07, 6.45) is 9.00. The molecule has 0 saturated carbocycles. The fourth-order valence-electron chi connectivity index (χ4n) is 5.72. The van der Waals surface area contributed by atoms with Crippen LogP contribution in [-0.4, -0.2) is 59.4 Å².